The number of ether oxygens (including phenoxy) is 1. The Bertz CT molecular complexity index is 1010. The van der Waals surface area contributed by atoms with Crippen molar-refractivity contribution in [3.05, 3.63) is 88.0 Å². The van der Waals surface area contributed by atoms with Crippen LogP contribution in [-0.4, -0.2) is 28.1 Å². The molecule has 1 aromatic heterocycles. The molecule has 2 aromatic carbocycles. The van der Waals surface area contributed by atoms with Crippen molar-refractivity contribution in [1.29, 1.82) is 0 Å². The van der Waals surface area contributed by atoms with Gasteiger partial charge in [0, 0.05) is 5.56 Å². The van der Waals surface area contributed by atoms with Crippen LogP contribution in [0.1, 0.15) is 43.2 Å². The molecule has 28 heavy (non-hydrogen) atoms. The van der Waals surface area contributed by atoms with Gasteiger partial charge in [-0.15, -0.1) is 0 Å². The smallest absolute Gasteiger partial charge is 0.342 e. The second-order valence-corrected chi connectivity index (χ2v) is 6.70. The predicted octanol–water partition coefficient (Wildman–Crippen LogP) is 4.04. The summed E-state index contributed by atoms with van der Waals surface area (Å²) in [6, 6.07) is 13.2. The molecule has 0 bridgehead atoms. The zero-order chi connectivity index (χ0) is 20.3. The molecule has 0 spiro atoms. The lowest BCUT2D eigenvalue weighted by Crippen LogP contribution is -2.15. The van der Waals surface area contributed by atoms with Crippen molar-refractivity contribution < 1.29 is 18.7 Å². The first-order valence-electron chi connectivity index (χ1n) is 8.90. The van der Waals surface area contributed by atoms with Gasteiger partial charge < -0.3 is 4.74 Å². The molecule has 0 aliphatic carbocycles. The van der Waals surface area contributed by atoms with Crippen LogP contribution in [0.25, 0.3) is 0 Å². The third kappa shape index (κ3) is 4.34. The number of benzene rings is 2. The first-order chi connectivity index (χ1) is 13.3. The number of esters is 1. The lowest BCUT2D eigenvalue weighted by Gasteiger charge is -2.07. The molecule has 0 N–H and O–H groups in total. The average molecular weight is 380 g/mol. The Morgan fingerprint density at radius 1 is 1.00 bits per heavy atom. The van der Waals surface area contributed by atoms with Gasteiger partial charge >= 0.3 is 5.97 Å². The molecule has 144 valence electrons. The van der Waals surface area contributed by atoms with Gasteiger partial charge in [-0.05, 0) is 50.6 Å². The van der Waals surface area contributed by atoms with Crippen LogP contribution in [0.4, 0.5) is 4.39 Å². The van der Waals surface area contributed by atoms with Gasteiger partial charge in [0.05, 0.1) is 17.9 Å². The van der Waals surface area contributed by atoms with E-state index in [1.54, 1.807) is 18.5 Å². The first-order valence-corrected chi connectivity index (χ1v) is 8.90. The minimum atomic E-state index is -0.597. The summed E-state index contributed by atoms with van der Waals surface area (Å²) in [5.74, 6) is -1.42. The third-order valence-electron chi connectivity index (χ3n) is 4.54. The van der Waals surface area contributed by atoms with Gasteiger partial charge in [-0.3, -0.25) is 9.48 Å². The second kappa shape index (κ2) is 8.17. The molecule has 0 aliphatic rings. The quantitative estimate of drug-likeness (QED) is 0.478. The number of nitrogens with zero attached hydrogens (tertiary/aromatic N) is 2. The molecule has 0 radical (unpaired) electrons. The molecule has 0 saturated carbocycles. The third-order valence-corrected chi connectivity index (χ3v) is 4.54. The van der Waals surface area contributed by atoms with Gasteiger partial charge in [-0.2, -0.15) is 5.10 Å². The standard InChI is InChI=1S/C22H21FN2O3/c1-14-4-6-17(7-5-14)12-25-16(3)21(15(2)24-25)22(27)28-13-20(26)18-8-10-19(23)11-9-18/h4-11H,12-13H2,1-3H3. The van der Waals surface area contributed by atoms with Crippen molar-refractivity contribution >= 4 is 11.8 Å². The van der Waals surface area contributed by atoms with Crippen molar-refractivity contribution in [3.8, 4) is 0 Å². The fourth-order valence-electron chi connectivity index (χ4n) is 2.94. The highest BCUT2D eigenvalue weighted by molar-refractivity contribution is 5.99. The molecule has 5 nitrogen and oxygen atoms in total. The number of halogens is 1. The van der Waals surface area contributed by atoms with Crippen LogP contribution in [0.15, 0.2) is 48.5 Å². The molecular formula is C22H21FN2O3. The van der Waals surface area contributed by atoms with Gasteiger partial charge in [-0.25, -0.2) is 9.18 Å². The Hall–Kier alpha value is -3.28. The van der Waals surface area contributed by atoms with E-state index in [0.29, 0.717) is 23.5 Å². The van der Waals surface area contributed by atoms with Crippen molar-refractivity contribution in [3.63, 3.8) is 0 Å². The van der Waals surface area contributed by atoms with E-state index >= 15 is 0 Å². The Morgan fingerprint density at radius 2 is 1.64 bits per heavy atom. The largest absolute Gasteiger partial charge is 0.454 e. The van der Waals surface area contributed by atoms with Gasteiger partial charge in [0.25, 0.3) is 0 Å². The van der Waals surface area contributed by atoms with E-state index in [0.717, 1.165) is 5.56 Å². The Kier molecular flexibility index (Phi) is 5.68. The van der Waals surface area contributed by atoms with Crippen molar-refractivity contribution in [1.82, 2.24) is 9.78 Å². The van der Waals surface area contributed by atoms with E-state index in [4.69, 9.17) is 4.74 Å². The number of hydrogen-bond donors (Lipinski definition) is 0. The van der Waals surface area contributed by atoms with Crippen LogP contribution in [0.2, 0.25) is 0 Å². The highest BCUT2D eigenvalue weighted by atomic mass is 19.1. The summed E-state index contributed by atoms with van der Waals surface area (Å²) in [4.78, 5) is 24.6. The number of carbonyl (C=O) groups is 2. The molecule has 0 amide bonds. The fraction of sp³-hybridized carbons (Fsp3) is 0.227. The van der Waals surface area contributed by atoms with Crippen molar-refractivity contribution in [2.45, 2.75) is 27.3 Å². The summed E-state index contributed by atoms with van der Waals surface area (Å²) in [5, 5.41) is 4.43. The first kappa shape index (κ1) is 19.5. The molecule has 0 saturated heterocycles. The molecule has 3 aromatic rings. The Labute approximate surface area is 162 Å². The number of rotatable bonds is 6. The molecule has 6 heteroatoms. The normalized spacial score (nSPS) is 10.7. The maximum Gasteiger partial charge on any atom is 0.342 e. The summed E-state index contributed by atoms with van der Waals surface area (Å²) in [6.07, 6.45) is 0. The van der Waals surface area contributed by atoms with Crippen LogP contribution in [0.5, 0.6) is 0 Å². The predicted molar refractivity (Wildman–Crippen MR) is 103 cm³/mol. The molecule has 0 atom stereocenters. The van der Waals surface area contributed by atoms with Crippen LogP contribution in [-0.2, 0) is 11.3 Å². The summed E-state index contributed by atoms with van der Waals surface area (Å²) in [7, 11) is 0. The monoisotopic (exact) mass is 380 g/mol. The van der Waals surface area contributed by atoms with Gasteiger partial charge in [0.1, 0.15) is 11.4 Å². The Balaban J connectivity index is 1.69. The average Bonchev–Trinajstić information content (AvgIpc) is 2.95. The lowest BCUT2D eigenvalue weighted by atomic mass is 10.1. The van der Waals surface area contributed by atoms with Crippen LogP contribution >= 0.6 is 0 Å². The van der Waals surface area contributed by atoms with Crippen LogP contribution in [0, 0.1) is 26.6 Å². The number of aromatic nitrogens is 2. The van der Waals surface area contributed by atoms with Crippen molar-refractivity contribution in [2.75, 3.05) is 6.61 Å². The highest BCUT2D eigenvalue weighted by Crippen LogP contribution is 2.17. The summed E-state index contributed by atoms with van der Waals surface area (Å²) in [6.45, 7) is 5.68. The highest BCUT2D eigenvalue weighted by Gasteiger charge is 2.21. The number of Topliss-reactive ketones (excluding diaryl/α,β-unsaturated/α-hetero) is 1. The summed E-state index contributed by atoms with van der Waals surface area (Å²) >= 11 is 0. The van der Waals surface area contributed by atoms with Gasteiger partial charge in [0.15, 0.2) is 12.4 Å². The maximum atomic E-state index is 12.9. The molecular weight excluding hydrogens is 359 g/mol. The Morgan fingerprint density at radius 3 is 2.29 bits per heavy atom. The van der Waals surface area contributed by atoms with Gasteiger partial charge in [-0.1, -0.05) is 29.8 Å². The van der Waals surface area contributed by atoms with Crippen LogP contribution < -0.4 is 0 Å². The van der Waals surface area contributed by atoms with E-state index in [1.165, 1.54) is 29.8 Å². The molecule has 1 heterocycles. The minimum Gasteiger partial charge on any atom is -0.454 e. The minimum absolute atomic E-state index is 0.290. The molecule has 3 rings (SSSR count). The summed E-state index contributed by atoms with van der Waals surface area (Å²) in [5.41, 5.74) is 4.12. The molecule has 0 aliphatic heterocycles. The lowest BCUT2D eigenvalue weighted by molar-refractivity contribution is 0.0473. The van der Waals surface area contributed by atoms with Crippen LogP contribution in [0.3, 0.4) is 0 Å². The second-order valence-electron chi connectivity index (χ2n) is 6.70. The molecule has 0 fully saturated rings. The number of aryl methyl sites for hydroxylation is 2. The molecule has 0 unspecified atom stereocenters. The summed E-state index contributed by atoms with van der Waals surface area (Å²) < 4.78 is 19.9. The van der Waals surface area contributed by atoms with E-state index < -0.39 is 24.2 Å². The topological polar surface area (TPSA) is 61.2 Å². The number of ketones is 1. The number of carbonyl (C=O) groups excluding carboxylic acids is 2. The fourth-order valence-corrected chi connectivity index (χ4v) is 2.94. The van der Waals surface area contributed by atoms with E-state index in [1.807, 2.05) is 31.2 Å². The van der Waals surface area contributed by atoms with E-state index in [9.17, 15) is 14.0 Å². The van der Waals surface area contributed by atoms with E-state index in [2.05, 4.69) is 5.10 Å². The maximum absolute atomic E-state index is 12.9. The van der Waals surface area contributed by atoms with Gasteiger partial charge in [0.2, 0.25) is 0 Å². The zero-order valence-corrected chi connectivity index (χ0v) is 16.0. The zero-order valence-electron chi connectivity index (χ0n) is 16.0. The SMILES string of the molecule is Cc1ccc(Cn2nc(C)c(C(=O)OCC(=O)c3ccc(F)cc3)c2C)cc1. The van der Waals surface area contributed by atoms with E-state index in [-0.39, 0.29) is 5.56 Å². The number of hydrogen-bond acceptors (Lipinski definition) is 4. The van der Waals surface area contributed by atoms with Crippen molar-refractivity contribution in [2.24, 2.45) is 0 Å².